The van der Waals surface area contributed by atoms with Crippen LogP contribution in [0.1, 0.15) is 11.4 Å². The van der Waals surface area contributed by atoms with E-state index in [0.29, 0.717) is 22.7 Å². The van der Waals surface area contributed by atoms with Crippen molar-refractivity contribution in [2.45, 2.75) is 17.8 Å². The number of aromatic nitrogens is 6. The normalized spacial score (nSPS) is 10.8. The number of anilines is 3. The van der Waals surface area contributed by atoms with Gasteiger partial charge in [0.25, 0.3) is 0 Å². The first-order valence-corrected chi connectivity index (χ1v) is 9.59. The second-order valence-electron chi connectivity index (χ2n) is 6.05. The zero-order valence-corrected chi connectivity index (χ0v) is 15.9. The summed E-state index contributed by atoms with van der Waals surface area (Å²) in [6.45, 7) is 2.05. The Balaban J connectivity index is 1.44. The van der Waals surface area contributed by atoms with E-state index in [2.05, 4.69) is 35.5 Å². The first-order valence-electron chi connectivity index (χ1n) is 8.60. The number of thioether (sulfide) groups is 1. The maximum Gasteiger partial charge on any atom is 0.232 e. The van der Waals surface area contributed by atoms with Crippen LogP contribution in [0.4, 0.5) is 17.6 Å². The molecule has 2 aromatic carbocycles. The van der Waals surface area contributed by atoms with Gasteiger partial charge in [0.05, 0.1) is 5.75 Å². The molecule has 0 saturated heterocycles. The third-order valence-electron chi connectivity index (χ3n) is 3.85. The molecule has 2 aromatic heterocycles. The molecule has 0 aliphatic heterocycles. The summed E-state index contributed by atoms with van der Waals surface area (Å²) in [5, 5.41) is 11.0. The van der Waals surface area contributed by atoms with E-state index >= 15 is 0 Å². The lowest BCUT2D eigenvalue weighted by atomic mass is 10.1. The molecule has 28 heavy (non-hydrogen) atoms. The second kappa shape index (κ2) is 8.05. The quantitative estimate of drug-likeness (QED) is 0.428. The van der Waals surface area contributed by atoms with Crippen LogP contribution in [0, 0.1) is 6.92 Å². The van der Waals surface area contributed by atoms with Gasteiger partial charge >= 0.3 is 0 Å². The van der Waals surface area contributed by atoms with E-state index in [1.807, 2.05) is 61.5 Å². The number of H-pyrrole nitrogens is 1. The Morgan fingerprint density at radius 3 is 2.54 bits per heavy atom. The maximum atomic E-state index is 5.83. The van der Waals surface area contributed by atoms with E-state index in [-0.39, 0.29) is 5.95 Å². The second-order valence-corrected chi connectivity index (χ2v) is 6.99. The summed E-state index contributed by atoms with van der Waals surface area (Å²) in [6, 6.07) is 17.8. The van der Waals surface area contributed by atoms with Gasteiger partial charge < -0.3 is 11.1 Å². The number of aromatic amines is 1. The molecular formula is C19H18N8S. The van der Waals surface area contributed by atoms with Gasteiger partial charge in [0.1, 0.15) is 5.82 Å². The first-order chi connectivity index (χ1) is 13.7. The Kier molecular flexibility index (Phi) is 5.16. The van der Waals surface area contributed by atoms with E-state index < -0.39 is 0 Å². The highest BCUT2D eigenvalue weighted by molar-refractivity contribution is 7.98. The SMILES string of the molecule is Cc1ccc(-c2nc(SCc3nc(N)nc(Nc4ccccc4)n3)n[nH]2)cc1. The predicted molar refractivity (Wildman–Crippen MR) is 110 cm³/mol. The fourth-order valence-corrected chi connectivity index (χ4v) is 3.14. The molecule has 0 fully saturated rings. The highest BCUT2D eigenvalue weighted by Crippen LogP contribution is 2.22. The van der Waals surface area contributed by atoms with Gasteiger partial charge in [-0.25, -0.2) is 4.98 Å². The molecule has 0 saturated carbocycles. The molecule has 0 radical (unpaired) electrons. The zero-order valence-electron chi connectivity index (χ0n) is 15.1. The van der Waals surface area contributed by atoms with Crippen LogP contribution in [-0.4, -0.2) is 30.1 Å². The average molecular weight is 390 g/mol. The van der Waals surface area contributed by atoms with Crippen molar-refractivity contribution in [2.24, 2.45) is 0 Å². The number of nitrogen functional groups attached to an aromatic ring is 1. The maximum absolute atomic E-state index is 5.83. The van der Waals surface area contributed by atoms with Crippen LogP contribution < -0.4 is 11.1 Å². The van der Waals surface area contributed by atoms with Crippen LogP contribution in [0.15, 0.2) is 59.8 Å². The molecule has 0 bridgehead atoms. The minimum atomic E-state index is 0.166. The lowest BCUT2D eigenvalue weighted by molar-refractivity contribution is 0.955. The van der Waals surface area contributed by atoms with Gasteiger partial charge in [-0.3, -0.25) is 5.10 Å². The van der Waals surface area contributed by atoms with Crippen molar-refractivity contribution in [3.63, 3.8) is 0 Å². The number of nitrogens with zero attached hydrogens (tertiary/aromatic N) is 5. The highest BCUT2D eigenvalue weighted by Gasteiger charge is 2.10. The van der Waals surface area contributed by atoms with Gasteiger partial charge in [-0.05, 0) is 19.1 Å². The van der Waals surface area contributed by atoms with Crippen LogP contribution in [-0.2, 0) is 5.75 Å². The molecule has 4 N–H and O–H groups in total. The number of aryl methyl sites for hydroxylation is 1. The number of para-hydroxylation sites is 1. The smallest absolute Gasteiger partial charge is 0.232 e. The lowest BCUT2D eigenvalue weighted by Gasteiger charge is -2.06. The fraction of sp³-hybridized carbons (Fsp3) is 0.105. The largest absolute Gasteiger partial charge is 0.368 e. The van der Waals surface area contributed by atoms with Gasteiger partial charge in [-0.15, -0.1) is 5.10 Å². The molecule has 0 aliphatic rings. The summed E-state index contributed by atoms with van der Waals surface area (Å²) in [5.74, 6) is 2.33. The molecule has 0 amide bonds. The van der Waals surface area contributed by atoms with E-state index in [9.17, 15) is 0 Å². The van der Waals surface area contributed by atoms with E-state index in [1.165, 1.54) is 17.3 Å². The van der Waals surface area contributed by atoms with Crippen LogP contribution in [0.2, 0.25) is 0 Å². The average Bonchev–Trinajstić information content (AvgIpc) is 3.16. The molecule has 9 heteroatoms. The molecule has 0 aliphatic carbocycles. The Hall–Kier alpha value is -3.46. The summed E-state index contributed by atoms with van der Waals surface area (Å²) in [4.78, 5) is 17.3. The summed E-state index contributed by atoms with van der Waals surface area (Å²) in [7, 11) is 0. The van der Waals surface area contributed by atoms with Crippen molar-refractivity contribution >= 4 is 29.3 Å². The van der Waals surface area contributed by atoms with Gasteiger partial charge in [-0.2, -0.15) is 15.0 Å². The standard InChI is InChI=1S/C19H18N8S/c1-12-7-9-13(10-8-12)16-24-19(27-26-16)28-11-15-22-17(20)25-18(23-15)21-14-5-3-2-4-6-14/h2-10H,11H2,1H3,(H,24,26,27)(H3,20,21,22,23,25). The predicted octanol–water partition coefficient (Wildman–Crippen LogP) is 3.58. The monoisotopic (exact) mass is 390 g/mol. The van der Waals surface area contributed by atoms with Crippen molar-refractivity contribution in [3.05, 3.63) is 66.0 Å². The number of benzene rings is 2. The Labute approximate surface area is 166 Å². The van der Waals surface area contributed by atoms with Crippen molar-refractivity contribution in [2.75, 3.05) is 11.1 Å². The van der Waals surface area contributed by atoms with Gasteiger partial charge in [-0.1, -0.05) is 59.8 Å². The topological polar surface area (TPSA) is 118 Å². The lowest BCUT2D eigenvalue weighted by Crippen LogP contribution is -2.06. The minimum absolute atomic E-state index is 0.166. The van der Waals surface area contributed by atoms with Crippen molar-refractivity contribution in [3.8, 4) is 11.4 Å². The number of rotatable bonds is 6. The molecule has 0 unspecified atom stereocenters. The number of nitrogens with two attached hydrogens (primary N) is 1. The minimum Gasteiger partial charge on any atom is -0.368 e. The first kappa shape index (κ1) is 17.9. The molecule has 140 valence electrons. The van der Waals surface area contributed by atoms with E-state index in [1.54, 1.807) is 0 Å². The molecule has 4 aromatic rings. The van der Waals surface area contributed by atoms with Crippen molar-refractivity contribution in [1.82, 2.24) is 30.1 Å². The molecule has 0 atom stereocenters. The van der Waals surface area contributed by atoms with Crippen LogP contribution in [0.3, 0.4) is 0 Å². The molecule has 8 nitrogen and oxygen atoms in total. The Bertz CT molecular complexity index is 1060. The summed E-state index contributed by atoms with van der Waals surface area (Å²) >= 11 is 1.43. The third kappa shape index (κ3) is 4.44. The van der Waals surface area contributed by atoms with Gasteiger partial charge in [0.15, 0.2) is 5.82 Å². The Morgan fingerprint density at radius 1 is 0.964 bits per heavy atom. The van der Waals surface area contributed by atoms with E-state index in [4.69, 9.17) is 5.73 Å². The van der Waals surface area contributed by atoms with Crippen molar-refractivity contribution < 1.29 is 0 Å². The number of hydrogen-bond acceptors (Lipinski definition) is 8. The molecular weight excluding hydrogens is 372 g/mol. The highest BCUT2D eigenvalue weighted by atomic mass is 32.2. The molecule has 0 spiro atoms. The fourth-order valence-electron chi connectivity index (χ4n) is 2.49. The summed E-state index contributed by atoms with van der Waals surface area (Å²) in [5.41, 5.74) is 8.89. The van der Waals surface area contributed by atoms with Gasteiger partial charge in [0, 0.05) is 11.3 Å². The van der Waals surface area contributed by atoms with Crippen LogP contribution in [0.25, 0.3) is 11.4 Å². The van der Waals surface area contributed by atoms with Gasteiger partial charge in [0.2, 0.25) is 17.1 Å². The third-order valence-corrected chi connectivity index (χ3v) is 4.69. The van der Waals surface area contributed by atoms with Crippen LogP contribution >= 0.6 is 11.8 Å². The number of nitrogens with one attached hydrogen (secondary N) is 2. The summed E-state index contributed by atoms with van der Waals surface area (Å²) in [6.07, 6.45) is 0. The van der Waals surface area contributed by atoms with E-state index in [0.717, 1.165) is 17.1 Å². The van der Waals surface area contributed by atoms with Crippen molar-refractivity contribution in [1.29, 1.82) is 0 Å². The zero-order chi connectivity index (χ0) is 19.3. The van der Waals surface area contributed by atoms with Crippen LogP contribution in [0.5, 0.6) is 0 Å². The number of hydrogen-bond donors (Lipinski definition) is 3. The Morgan fingerprint density at radius 2 is 1.75 bits per heavy atom. The summed E-state index contributed by atoms with van der Waals surface area (Å²) < 4.78 is 0. The molecule has 2 heterocycles. The molecule has 4 rings (SSSR count).